The molecule has 0 saturated carbocycles. The highest BCUT2D eigenvalue weighted by Gasteiger charge is 2.20. The standard InChI is InChI=1S/C10H20N2O2/c1-9(2,3)8(7-11-13)12-14-10(4,5)6/h7,13H,1-6H3. The van der Waals surface area contributed by atoms with Crippen LogP contribution in [-0.4, -0.2) is 22.7 Å². The van der Waals surface area contributed by atoms with Crippen molar-refractivity contribution in [2.24, 2.45) is 15.7 Å². The maximum absolute atomic E-state index is 8.46. The molecule has 0 rings (SSSR count). The minimum atomic E-state index is -0.334. The highest BCUT2D eigenvalue weighted by atomic mass is 16.6. The molecule has 0 radical (unpaired) electrons. The third-order valence-electron chi connectivity index (χ3n) is 1.37. The summed E-state index contributed by atoms with van der Waals surface area (Å²) in [7, 11) is 0. The van der Waals surface area contributed by atoms with E-state index < -0.39 is 0 Å². The van der Waals surface area contributed by atoms with Crippen LogP contribution >= 0.6 is 0 Å². The van der Waals surface area contributed by atoms with Crippen molar-refractivity contribution in [2.45, 2.75) is 47.1 Å². The molecule has 0 fully saturated rings. The van der Waals surface area contributed by atoms with E-state index in [1.165, 1.54) is 6.21 Å². The molecule has 0 bridgehead atoms. The first-order valence-electron chi connectivity index (χ1n) is 4.61. The van der Waals surface area contributed by atoms with Crippen LogP contribution in [-0.2, 0) is 4.84 Å². The molecule has 0 unspecified atom stereocenters. The van der Waals surface area contributed by atoms with E-state index in [0.29, 0.717) is 5.71 Å². The van der Waals surface area contributed by atoms with Crippen molar-refractivity contribution < 1.29 is 10.0 Å². The van der Waals surface area contributed by atoms with Gasteiger partial charge in [0.05, 0.1) is 6.21 Å². The summed E-state index contributed by atoms with van der Waals surface area (Å²) in [5, 5.41) is 15.4. The van der Waals surface area contributed by atoms with Crippen LogP contribution < -0.4 is 0 Å². The smallest absolute Gasteiger partial charge is 0.129 e. The summed E-state index contributed by atoms with van der Waals surface area (Å²) in [6, 6.07) is 0. The van der Waals surface area contributed by atoms with E-state index in [1.54, 1.807) is 0 Å². The highest BCUT2D eigenvalue weighted by Crippen LogP contribution is 2.17. The average Bonchev–Trinajstić information content (AvgIpc) is 1.93. The molecule has 0 aromatic carbocycles. The van der Waals surface area contributed by atoms with E-state index >= 15 is 0 Å². The Morgan fingerprint density at radius 3 is 1.93 bits per heavy atom. The van der Waals surface area contributed by atoms with Gasteiger partial charge in [0.2, 0.25) is 0 Å². The van der Waals surface area contributed by atoms with Gasteiger partial charge in [-0.2, -0.15) is 0 Å². The van der Waals surface area contributed by atoms with Crippen molar-refractivity contribution in [1.29, 1.82) is 0 Å². The van der Waals surface area contributed by atoms with Gasteiger partial charge in [-0.3, -0.25) is 0 Å². The van der Waals surface area contributed by atoms with Crippen LogP contribution in [0.4, 0.5) is 0 Å². The van der Waals surface area contributed by atoms with Crippen LogP contribution in [0.2, 0.25) is 0 Å². The van der Waals surface area contributed by atoms with Gasteiger partial charge in [-0.25, -0.2) is 0 Å². The number of oxime groups is 2. The zero-order valence-corrected chi connectivity index (χ0v) is 9.83. The number of hydrogen-bond donors (Lipinski definition) is 1. The van der Waals surface area contributed by atoms with Crippen molar-refractivity contribution in [3.05, 3.63) is 0 Å². The van der Waals surface area contributed by atoms with Gasteiger partial charge in [-0.15, -0.1) is 0 Å². The van der Waals surface area contributed by atoms with Gasteiger partial charge in [0.1, 0.15) is 11.3 Å². The maximum atomic E-state index is 8.46. The zero-order valence-electron chi connectivity index (χ0n) is 9.83. The van der Waals surface area contributed by atoms with Crippen LogP contribution in [0.15, 0.2) is 10.3 Å². The molecular formula is C10H20N2O2. The number of nitrogens with zero attached hydrogens (tertiary/aromatic N) is 2. The molecule has 0 aliphatic heterocycles. The van der Waals surface area contributed by atoms with E-state index in [0.717, 1.165) is 0 Å². The fourth-order valence-electron chi connectivity index (χ4n) is 0.595. The minimum absolute atomic E-state index is 0.197. The Morgan fingerprint density at radius 1 is 1.14 bits per heavy atom. The van der Waals surface area contributed by atoms with E-state index in [4.69, 9.17) is 10.0 Å². The molecule has 4 nitrogen and oxygen atoms in total. The molecule has 0 spiro atoms. The Balaban J connectivity index is 4.68. The van der Waals surface area contributed by atoms with Crippen LogP contribution in [0.25, 0.3) is 0 Å². The van der Waals surface area contributed by atoms with Crippen molar-refractivity contribution >= 4 is 11.9 Å². The van der Waals surface area contributed by atoms with E-state index in [-0.39, 0.29) is 11.0 Å². The molecule has 1 N–H and O–H groups in total. The summed E-state index contributed by atoms with van der Waals surface area (Å²) in [5.41, 5.74) is 0.0759. The molecule has 4 heteroatoms. The molecule has 0 aromatic rings. The lowest BCUT2D eigenvalue weighted by Crippen LogP contribution is -2.25. The second-order valence-electron chi connectivity index (χ2n) is 5.17. The largest absolute Gasteiger partial charge is 0.411 e. The first-order valence-corrected chi connectivity index (χ1v) is 4.61. The highest BCUT2D eigenvalue weighted by molar-refractivity contribution is 6.32. The summed E-state index contributed by atoms with van der Waals surface area (Å²) in [6.07, 6.45) is 1.30. The summed E-state index contributed by atoms with van der Waals surface area (Å²) >= 11 is 0. The van der Waals surface area contributed by atoms with Crippen molar-refractivity contribution in [3.63, 3.8) is 0 Å². The van der Waals surface area contributed by atoms with Crippen molar-refractivity contribution in [2.75, 3.05) is 0 Å². The quantitative estimate of drug-likeness (QED) is 0.423. The summed E-state index contributed by atoms with van der Waals surface area (Å²) in [6.45, 7) is 11.6. The van der Waals surface area contributed by atoms with Gasteiger partial charge in [0.15, 0.2) is 0 Å². The number of hydrogen-bond acceptors (Lipinski definition) is 4. The summed E-state index contributed by atoms with van der Waals surface area (Å²) in [4.78, 5) is 5.26. The molecule has 0 aliphatic rings. The Labute approximate surface area is 85.6 Å². The Morgan fingerprint density at radius 2 is 1.64 bits per heavy atom. The third-order valence-corrected chi connectivity index (χ3v) is 1.37. The molecule has 0 amide bonds. The molecule has 0 aromatic heterocycles. The van der Waals surface area contributed by atoms with Gasteiger partial charge >= 0.3 is 0 Å². The van der Waals surface area contributed by atoms with E-state index in [1.807, 2.05) is 41.5 Å². The first-order chi connectivity index (χ1) is 6.17. The molecular weight excluding hydrogens is 180 g/mol. The Bertz CT molecular complexity index is 231. The third kappa shape index (κ3) is 5.56. The Kier molecular flexibility index (Phi) is 4.10. The lowest BCUT2D eigenvalue weighted by molar-refractivity contribution is 0.0000768. The second-order valence-corrected chi connectivity index (χ2v) is 5.17. The van der Waals surface area contributed by atoms with Gasteiger partial charge in [-0.1, -0.05) is 31.1 Å². The average molecular weight is 200 g/mol. The van der Waals surface area contributed by atoms with Crippen molar-refractivity contribution in [1.82, 2.24) is 0 Å². The van der Waals surface area contributed by atoms with Gasteiger partial charge in [-0.05, 0) is 20.8 Å². The van der Waals surface area contributed by atoms with Crippen LogP contribution in [0, 0.1) is 5.41 Å². The molecule has 0 saturated heterocycles. The predicted octanol–water partition coefficient (Wildman–Crippen LogP) is 2.66. The normalized spacial score (nSPS) is 14.9. The molecule has 0 atom stereocenters. The number of rotatable bonds is 2. The van der Waals surface area contributed by atoms with E-state index in [2.05, 4.69) is 10.3 Å². The monoisotopic (exact) mass is 200 g/mol. The lowest BCUT2D eigenvalue weighted by Gasteiger charge is -2.21. The second kappa shape index (κ2) is 4.44. The maximum Gasteiger partial charge on any atom is 0.129 e. The SMILES string of the molecule is CC(C)(C)ON=C(C=NO)C(C)(C)C. The van der Waals surface area contributed by atoms with Crippen molar-refractivity contribution in [3.8, 4) is 0 Å². The van der Waals surface area contributed by atoms with Gasteiger partial charge < -0.3 is 10.0 Å². The summed E-state index contributed by atoms with van der Waals surface area (Å²) < 4.78 is 0. The van der Waals surface area contributed by atoms with Gasteiger partial charge in [0.25, 0.3) is 0 Å². The zero-order chi connectivity index (χ0) is 11.4. The molecule has 0 heterocycles. The Hall–Kier alpha value is -1.06. The molecule has 14 heavy (non-hydrogen) atoms. The predicted molar refractivity (Wildman–Crippen MR) is 58.0 cm³/mol. The van der Waals surface area contributed by atoms with Crippen LogP contribution in [0.1, 0.15) is 41.5 Å². The first kappa shape index (κ1) is 12.9. The van der Waals surface area contributed by atoms with Crippen LogP contribution in [0.3, 0.4) is 0 Å². The molecule has 0 aliphatic carbocycles. The topological polar surface area (TPSA) is 54.2 Å². The van der Waals surface area contributed by atoms with Crippen LogP contribution in [0.5, 0.6) is 0 Å². The summed E-state index contributed by atoms with van der Waals surface area (Å²) in [5.74, 6) is 0. The fraction of sp³-hybridized carbons (Fsp3) is 0.800. The fourth-order valence-corrected chi connectivity index (χ4v) is 0.595. The van der Waals surface area contributed by atoms with Gasteiger partial charge in [0, 0.05) is 5.41 Å². The van der Waals surface area contributed by atoms with E-state index in [9.17, 15) is 0 Å². The molecule has 82 valence electrons. The minimum Gasteiger partial charge on any atom is -0.411 e. The lowest BCUT2D eigenvalue weighted by atomic mass is 9.91.